The van der Waals surface area contributed by atoms with E-state index in [1.165, 1.54) is 36.2 Å². The first-order valence-corrected chi connectivity index (χ1v) is 17.2. The summed E-state index contributed by atoms with van der Waals surface area (Å²) >= 11 is 0. The number of imidazole rings is 1. The van der Waals surface area contributed by atoms with Gasteiger partial charge in [0.25, 0.3) is 0 Å². The van der Waals surface area contributed by atoms with Gasteiger partial charge in [0, 0.05) is 63.7 Å². The van der Waals surface area contributed by atoms with Gasteiger partial charge in [-0.05, 0) is 43.7 Å². The lowest BCUT2D eigenvalue weighted by Crippen LogP contribution is -2.47. The average molecular weight is 728 g/mol. The van der Waals surface area contributed by atoms with E-state index in [1.807, 2.05) is 23.3 Å². The summed E-state index contributed by atoms with van der Waals surface area (Å²) in [6.07, 6.45) is 2.40. The van der Waals surface area contributed by atoms with Gasteiger partial charge in [-0.15, -0.1) is 0 Å². The molecular weight excluding hydrogens is 691 g/mol. The molecule has 2 aliphatic rings. The molecule has 1 saturated heterocycles. The van der Waals surface area contributed by atoms with Gasteiger partial charge in [0.2, 0.25) is 11.8 Å². The van der Waals surface area contributed by atoms with E-state index in [2.05, 4.69) is 20.1 Å². The summed E-state index contributed by atoms with van der Waals surface area (Å²) in [6.45, 7) is 4.98. The van der Waals surface area contributed by atoms with Crippen molar-refractivity contribution < 1.29 is 32.2 Å². The molecule has 0 spiro atoms. The Morgan fingerprint density at radius 2 is 1.85 bits per heavy atom. The van der Waals surface area contributed by atoms with Crippen LogP contribution in [0.4, 0.5) is 19.0 Å². The van der Waals surface area contributed by atoms with Crippen molar-refractivity contribution in [2.45, 2.75) is 51.7 Å². The summed E-state index contributed by atoms with van der Waals surface area (Å²) in [5, 5.41) is 4.86. The highest BCUT2D eigenvalue weighted by molar-refractivity contribution is 5.94. The lowest BCUT2D eigenvalue weighted by Gasteiger charge is -2.31. The standard InChI is InChI=1S/C37H36F3N9O4/c1-5-52-25-16-46(3)37(50)31-14-24(53-33-10-21(8-9-41-33)26-11-23(39)13-29-34(26)47(18-25)20(2)43-29)17-48(31)35-27-15-42-49(30-7-6-22(38)12-28(30)40)36(27)45-32(44-35)19-51-4/h6-13,15,24-25,31H,5,14,16-19H2,1-4H3/t24?,25-,31-/m0/s1. The maximum Gasteiger partial charge on any atom is 0.245 e. The van der Waals surface area contributed by atoms with Crippen LogP contribution >= 0.6 is 0 Å². The Hall–Kier alpha value is -5.61. The van der Waals surface area contributed by atoms with Gasteiger partial charge in [0.05, 0.1) is 41.8 Å². The van der Waals surface area contributed by atoms with Crippen molar-refractivity contribution in [2.24, 2.45) is 0 Å². The van der Waals surface area contributed by atoms with Crippen molar-refractivity contribution in [3.05, 3.63) is 84.0 Å². The number of likely N-dealkylation sites (N-methyl/N-ethyl adjacent to an activating group) is 1. The molecule has 6 heterocycles. The van der Waals surface area contributed by atoms with Crippen molar-refractivity contribution in [1.29, 1.82) is 0 Å². The van der Waals surface area contributed by atoms with Gasteiger partial charge >= 0.3 is 0 Å². The molecule has 2 aliphatic heterocycles. The van der Waals surface area contributed by atoms with Crippen LogP contribution in [-0.4, -0.2) is 97.2 Å². The topological polar surface area (TPSA) is 126 Å². The van der Waals surface area contributed by atoms with Crippen LogP contribution in [0.15, 0.2) is 54.9 Å². The van der Waals surface area contributed by atoms with Crippen LogP contribution in [0.25, 0.3) is 38.9 Å². The number of anilines is 1. The zero-order valence-corrected chi connectivity index (χ0v) is 29.5. The zero-order valence-electron chi connectivity index (χ0n) is 29.5. The summed E-state index contributed by atoms with van der Waals surface area (Å²) in [5.74, 6) is -0.572. The second kappa shape index (κ2) is 13.7. The van der Waals surface area contributed by atoms with Gasteiger partial charge in [0.15, 0.2) is 17.3 Å². The number of fused-ring (bicyclic) bond motifs is 6. The average Bonchev–Trinajstić information content (AvgIpc) is 3.82. The highest BCUT2D eigenvalue weighted by Gasteiger charge is 2.42. The normalized spacial score (nSPS) is 19.2. The lowest BCUT2D eigenvalue weighted by atomic mass is 10.0. The number of aromatic nitrogens is 7. The minimum Gasteiger partial charge on any atom is -0.472 e. The minimum atomic E-state index is -0.823. The first kappa shape index (κ1) is 34.5. The first-order chi connectivity index (χ1) is 25.6. The SMILES string of the molecule is CCO[C@H]1CN(C)C(=O)[C@@H]2CC(CN2c2nc(COC)nc3c2cnn3-c2ccc(F)cc2F)Oc2cc(ccn2)-c2cc(F)cc3nc(C)n(c23)C1. The molecular formula is C37H36F3N9O4. The third-order valence-corrected chi connectivity index (χ3v) is 9.66. The van der Waals surface area contributed by atoms with Gasteiger partial charge in [-0.1, -0.05) is 0 Å². The quantitative estimate of drug-likeness (QED) is 0.232. The number of amides is 1. The molecule has 4 aromatic heterocycles. The van der Waals surface area contributed by atoms with Gasteiger partial charge in [-0.25, -0.2) is 37.8 Å². The fourth-order valence-electron chi connectivity index (χ4n) is 7.39. The number of halogens is 3. The molecule has 0 aliphatic carbocycles. The first-order valence-electron chi connectivity index (χ1n) is 17.2. The number of hydrogen-bond donors (Lipinski definition) is 0. The smallest absolute Gasteiger partial charge is 0.245 e. The molecule has 3 atom stereocenters. The second-order valence-electron chi connectivity index (χ2n) is 13.2. The molecule has 1 amide bonds. The molecule has 53 heavy (non-hydrogen) atoms. The molecule has 6 aromatic rings. The molecule has 1 fully saturated rings. The maximum atomic E-state index is 15.1. The molecule has 13 nitrogen and oxygen atoms in total. The Morgan fingerprint density at radius 3 is 2.64 bits per heavy atom. The zero-order chi connectivity index (χ0) is 37.0. The lowest BCUT2D eigenvalue weighted by molar-refractivity contribution is -0.133. The van der Waals surface area contributed by atoms with Crippen molar-refractivity contribution in [2.75, 3.05) is 38.8 Å². The summed E-state index contributed by atoms with van der Waals surface area (Å²) in [6, 6.07) is 8.88. The number of hydrogen-bond acceptors (Lipinski definition) is 10. The van der Waals surface area contributed by atoms with E-state index in [0.29, 0.717) is 52.7 Å². The van der Waals surface area contributed by atoms with Crippen LogP contribution in [0.3, 0.4) is 0 Å². The number of carbonyl (C=O) groups excluding carboxylic acids is 1. The Kier molecular flexibility index (Phi) is 8.94. The fraction of sp³-hybridized carbons (Fsp3) is 0.351. The van der Waals surface area contributed by atoms with Crippen molar-refractivity contribution in [3.8, 4) is 22.7 Å². The highest BCUT2D eigenvalue weighted by Crippen LogP contribution is 2.36. The van der Waals surface area contributed by atoms with E-state index < -0.39 is 35.7 Å². The van der Waals surface area contributed by atoms with Crippen LogP contribution < -0.4 is 9.64 Å². The van der Waals surface area contributed by atoms with E-state index in [-0.39, 0.29) is 49.2 Å². The molecule has 2 aromatic carbocycles. The number of nitrogens with zero attached hydrogens (tertiary/aromatic N) is 9. The van der Waals surface area contributed by atoms with Crippen LogP contribution in [-0.2, 0) is 27.4 Å². The molecule has 0 saturated carbocycles. The van der Waals surface area contributed by atoms with Crippen molar-refractivity contribution >= 4 is 33.8 Å². The monoisotopic (exact) mass is 727 g/mol. The number of aryl methyl sites for hydroxylation is 1. The molecule has 274 valence electrons. The van der Waals surface area contributed by atoms with E-state index in [9.17, 15) is 9.18 Å². The van der Waals surface area contributed by atoms with Crippen molar-refractivity contribution in [3.63, 3.8) is 0 Å². The Labute approximate surface area is 301 Å². The molecule has 0 radical (unpaired) electrons. The maximum absolute atomic E-state index is 15.1. The van der Waals surface area contributed by atoms with Gasteiger partial charge in [0.1, 0.15) is 47.7 Å². The third-order valence-electron chi connectivity index (χ3n) is 9.66. The number of rotatable bonds is 6. The van der Waals surface area contributed by atoms with Crippen LogP contribution in [0.1, 0.15) is 25.0 Å². The van der Waals surface area contributed by atoms with Crippen LogP contribution in [0, 0.1) is 24.4 Å². The molecule has 16 heteroatoms. The van der Waals surface area contributed by atoms with E-state index in [0.717, 1.165) is 17.6 Å². The highest BCUT2D eigenvalue weighted by atomic mass is 19.1. The number of pyridine rings is 1. The molecule has 1 unspecified atom stereocenters. The number of benzene rings is 2. The molecule has 4 bridgehead atoms. The Balaban J connectivity index is 1.25. The summed E-state index contributed by atoms with van der Waals surface area (Å²) < 4.78 is 65.3. The van der Waals surface area contributed by atoms with Gasteiger partial charge in [-0.2, -0.15) is 5.10 Å². The predicted molar refractivity (Wildman–Crippen MR) is 188 cm³/mol. The van der Waals surface area contributed by atoms with Crippen molar-refractivity contribution in [1.82, 2.24) is 39.2 Å². The number of carbonyl (C=O) groups is 1. The number of ether oxygens (including phenoxy) is 3. The van der Waals surface area contributed by atoms with E-state index in [1.54, 1.807) is 30.3 Å². The third kappa shape index (κ3) is 6.31. The second-order valence-corrected chi connectivity index (χ2v) is 13.2. The summed E-state index contributed by atoms with van der Waals surface area (Å²) in [7, 11) is 3.23. The predicted octanol–water partition coefficient (Wildman–Crippen LogP) is 5.00. The van der Waals surface area contributed by atoms with E-state index >= 15 is 8.78 Å². The molecule has 0 N–H and O–H groups in total. The number of methoxy groups -OCH3 is 1. The Morgan fingerprint density at radius 1 is 1.00 bits per heavy atom. The van der Waals surface area contributed by atoms with Gasteiger partial charge < -0.3 is 28.6 Å². The fourth-order valence-corrected chi connectivity index (χ4v) is 7.39. The minimum absolute atomic E-state index is 0.00868. The molecule has 8 rings (SSSR count). The van der Waals surface area contributed by atoms with Crippen LogP contribution in [0.2, 0.25) is 0 Å². The largest absolute Gasteiger partial charge is 0.472 e. The summed E-state index contributed by atoms with van der Waals surface area (Å²) in [5.41, 5.74) is 2.79. The Bertz CT molecular complexity index is 2370. The van der Waals surface area contributed by atoms with Crippen LogP contribution in [0.5, 0.6) is 5.88 Å². The summed E-state index contributed by atoms with van der Waals surface area (Å²) in [4.78, 5) is 36.6. The van der Waals surface area contributed by atoms with Gasteiger partial charge in [-0.3, -0.25) is 4.79 Å². The van der Waals surface area contributed by atoms with E-state index in [4.69, 9.17) is 19.2 Å².